The third kappa shape index (κ3) is 3.71. The predicted molar refractivity (Wildman–Crippen MR) is 116 cm³/mol. The van der Waals surface area contributed by atoms with Crippen LogP contribution in [0.5, 0.6) is 17.2 Å². The Labute approximate surface area is 178 Å². The van der Waals surface area contributed by atoms with Crippen molar-refractivity contribution in [3.05, 3.63) is 88.5 Å². The maximum atomic E-state index is 13.3. The van der Waals surface area contributed by atoms with Crippen molar-refractivity contribution >= 4 is 10.9 Å². The van der Waals surface area contributed by atoms with Crippen molar-refractivity contribution in [2.45, 2.75) is 13.1 Å². The monoisotopic (exact) mass is 416 g/mol. The second kappa shape index (κ2) is 8.12. The van der Waals surface area contributed by atoms with E-state index in [0.29, 0.717) is 23.3 Å². The number of methoxy groups -OCH3 is 1. The summed E-state index contributed by atoms with van der Waals surface area (Å²) in [5.41, 5.74) is 2.49. The first kappa shape index (κ1) is 19.1. The number of nitrogens with zero attached hydrogens (tertiary/aromatic N) is 2. The molecule has 0 atom stereocenters. The Morgan fingerprint density at radius 3 is 2.65 bits per heavy atom. The first-order valence-electron chi connectivity index (χ1n) is 10.1. The molecule has 0 bridgehead atoms. The highest BCUT2D eigenvalue weighted by atomic mass is 16.7. The summed E-state index contributed by atoms with van der Waals surface area (Å²) in [7, 11) is 1.62. The molecular formula is C24H22N3O4+. The molecule has 0 saturated heterocycles. The van der Waals surface area contributed by atoms with E-state index >= 15 is 0 Å². The first-order valence-corrected chi connectivity index (χ1v) is 10.1. The van der Waals surface area contributed by atoms with E-state index in [4.69, 9.17) is 19.2 Å². The Kier molecular flexibility index (Phi) is 5.01. The van der Waals surface area contributed by atoms with Crippen LogP contribution in [0.15, 0.2) is 71.5 Å². The van der Waals surface area contributed by atoms with E-state index in [1.807, 2.05) is 66.7 Å². The molecule has 7 nitrogen and oxygen atoms in total. The van der Waals surface area contributed by atoms with Gasteiger partial charge in [-0.25, -0.2) is 4.98 Å². The van der Waals surface area contributed by atoms with Crippen molar-refractivity contribution in [3.8, 4) is 22.9 Å². The number of quaternary nitrogens is 1. The Morgan fingerprint density at radius 1 is 1.00 bits per heavy atom. The van der Waals surface area contributed by atoms with Crippen LogP contribution >= 0.6 is 0 Å². The average molecular weight is 416 g/mol. The van der Waals surface area contributed by atoms with E-state index in [2.05, 4.69) is 5.32 Å². The van der Waals surface area contributed by atoms with Crippen LogP contribution in [0, 0.1) is 0 Å². The zero-order valence-corrected chi connectivity index (χ0v) is 17.1. The maximum Gasteiger partial charge on any atom is 0.266 e. The molecule has 0 spiro atoms. The van der Waals surface area contributed by atoms with E-state index in [9.17, 15) is 4.79 Å². The zero-order valence-electron chi connectivity index (χ0n) is 17.1. The van der Waals surface area contributed by atoms with Crippen LogP contribution in [0.2, 0.25) is 0 Å². The van der Waals surface area contributed by atoms with Gasteiger partial charge in [0.2, 0.25) is 6.79 Å². The molecule has 5 rings (SSSR count). The third-order valence-corrected chi connectivity index (χ3v) is 5.32. The number of aromatic nitrogens is 2. The second-order valence-corrected chi connectivity index (χ2v) is 7.27. The Hall–Kier alpha value is -3.84. The molecule has 1 aliphatic heterocycles. The molecule has 3 aromatic carbocycles. The molecule has 4 aromatic rings. The molecule has 7 heteroatoms. The molecule has 1 aromatic heterocycles. The summed E-state index contributed by atoms with van der Waals surface area (Å²) in [4.78, 5) is 18.1. The van der Waals surface area contributed by atoms with Crippen molar-refractivity contribution in [1.29, 1.82) is 0 Å². The number of benzene rings is 3. The predicted octanol–water partition coefficient (Wildman–Crippen LogP) is 2.39. The van der Waals surface area contributed by atoms with Crippen LogP contribution in [0.25, 0.3) is 16.6 Å². The number of rotatable bonds is 6. The molecule has 0 aliphatic carbocycles. The van der Waals surface area contributed by atoms with Crippen molar-refractivity contribution in [2.75, 3.05) is 13.9 Å². The van der Waals surface area contributed by atoms with E-state index < -0.39 is 0 Å². The summed E-state index contributed by atoms with van der Waals surface area (Å²) in [6.07, 6.45) is 0. The van der Waals surface area contributed by atoms with Crippen molar-refractivity contribution in [1.82, 2.24) is 9.55 Å². The van der Waals surface area contributed by atoms with Crippen molar-refractivity contribution in [3.63, 3.8) is 0 Å². The van der Waals surface area contributed by atoms with E-state index in [-0.39, 0.29) is 12.4 Å². The summed E-state index contributed by atoms with van der Waals surface area (Å²) in [5.74, 6) is 2.97. The maximum absolute atomic E-state index is 13.3. The minimum absolute atomic E-state index is 0.0813. The Bertz CT molecular complexity index is 1300. The standard InChI is InChI=1S/C24H21N3O4/c1-29-18-9-7-17(8-10-18)27-23(26-20-5-3-2-4-19(20)24(27)28)14-25-13-16-6-11-21-22(12-16)31-15-30-21/h2-12,25H,13-15H2,1H3/p+1. The molecule has 1 aliphatic rings. The van der Waals surface area contributed by atoms with Crippen LogP contribution in [-0.4, -0.2) is 23.5 Å². The van der Waals surface area contributed by atoms with Gasteiger partial charge in [0.05, 0.1) is 23.7 Å². The SMILES string of the molecule is COc1ccc(-n2c(C[NH2+]Cc3ccc4c(c3)OCO4)nc3ccccc3c2=O)cc1. The lowest BCUT2D eigenvalue weighted by atomic mass is 10.2. The van der Waals surface area contributed by atoms with Crippen LogP contribution in [-0.2, 0) is 13.1 Å². The van der Waals surface area contributed by atoms with E-state index in [1.165, 1.54) is 0 Å². The van der Waals surface area contributed by atoms with Gasteiger partial charge in [0.15, 0.2) is 17.3 Å². The molecule has 0 unspecified atom stereocenters. The van der Waals surface area contributed by atoms with Gasteiger partial charge >= 0.3 is 0 Å². The lowest BCUT2D eigenvalue weighted by Crippen LogP contribution is -2.81. The highest BCUT2D eigenvalue weighted by Crippen LogP contribution is 2.32. The van der Waals surface area contributed by atoms with Crippen LogP contribution < -0.4 is 25.1 Å². The average Bonchev–Trinajstić information content (AvgIpc) is 3.27. The van der Waals surface area contributed by atoms with E-state index in [1.54, 1.807) is 11.7 Å². The van der Waals surface area contributed by atoms with Gasteiger partial charge in [0, 0.05) is 5.56 Å². The van der Waals surface area contributed by atoms with Gasteiger partial charge in [0.25, 0.3) is 5.56 Å². The summed E-state index contributed by atoms with van der Waals surface area (Å²) < 4.78 is 17.8. The molecular weight excluding hydrogens is 394 g/mol. The highest BCUT2D eigenvalue weighted by molar-refractivity contribution is 5.77. The van der Waals surface area contributed by atoms with Gasteiger partial charge in [-0.3, -0.25) is 9.36 Å². The summed E-state index contributed by atoms with van der Waals surface area (Å²) in [5, 5.41) is 2.71. The lowest BCUT2D eigenvalue weighted by Gasteiger charge is -2.13. The molecule has 31 heavy (non-hydrogen) atoms. The fraction of sp³-hybridized carbons (Fsp3) is 0.167. The molecule has 0 fully saturated rings. The summed E-state index contributed by atoms with van der Waals surface area (Å²) in [6, 6.07) is 20.8. The van der Waals surface area contributed by atoms with Crippen LogP contribution in [0.4, 0.5) is 0 Å². The number of ether oxygens (including phenoxy) is 3. The molecule has 0 saturated carbocycles. The summed E-state index contributed by atoms with van der Waals surface area (Å²) >= 11 is 0. The minimum Gasteiger partial charge on any atom is -0.497 e. The van der Waals surface area contributed by atoms with Crippen LogP contribution in [0.1, 0.15) is 11.4 Å². The molecule has 2 N–H and O–H groups in total. The number of para-hydroxylation sites is 1. The minimum atomic E-state index is -0.0813. The fourth-order valence-electron chi connectivity index (χ4n) is 3.75. The van der Waals surface area contributed by atoms with Gasteiger partial charge < -0.3 is 19.5 Å². The second-order valence-electron chi connectivity index (χ2n) is 7.27. The van der Waals surface area contributed by atoms with Crippen molar-refractivity contribution in [2.24, 2.45) is 0 Å². The highest BCUT2D eigenvalue weighted by Gasteiger charge is 2.16. The number of hydrogen-bond donors (Lipinski definition) is 1. The molecule has 156 valence electrons. The largest absolute Gasteiger partial charge is 0.497 e. The molecule has 0 amide bonds. The van der Waals surface area contributed by atoms with Gasteiger partial charge in [-0.05, 0) is 54.6 Å². The number of nitrogens with two attached hydrogens (primary N) is 1. The third-order valence-electron chi connectivity index (χ3n) is 5.32. The van der Waals surface area contributed by atoms with Gasteiger partial charge in [-0.2, -0.15) is 0 Å². The van der Waals surface area contributed by atoms with Gasteiger partial charge in [0.1, 0.15) is 18.8 Å². The smallest absolute Gasteiger partial charge is 0.266 e. The topological polar surface area (TPSA) is 79.2 Å². The van der Waals surface area contributed by atoms with Crippen molar-refractivity contribution < 1.29 is 19.5 Å². The summed E-state index contributed by atoms with van der Waals surface area (Å²) in [6.45, 7) is 1.53. The van der Waals surface area contributed by atoms with Gasteiger partial charge in [-0.15, -0.1) is 0 Å². The Morgan fingerprint density at radius 2 is 1.81 bits per heavy atom. The quantitative estimate of drug-likeness (QED) is 0.522. The normalized spacial score (nSPS) is 12.3. The lowest BCUT2D eigenvalue weighted by molar-refractivity contribution is -0.687. The Balaban J connectivity index is 1.47. The zero-order chi connectivity index (χ0) is 21.2. The number of hydrogen-bond acceptors (Lipinski definition) is 5. The molecule has 0 radical (unpaired) electrons. The first-order chi connectivity index (χ1) is 15.2. The number of fused-ring (bicyclic) bond motifs is 2. The van der Waals surface area contributed by atoms with Crippen LogP contribution in [0.3, 0.4) is 0 Å². The van der Waals surface area contributed by atoms with Gasteiger partial charge in [-0.1, -0.05) is 12.1 Å². The van der Waals surface area contributed by atoms with E-state index in [0.717, 1.165) is 35.0 Å². The fourth-order valence-corrected chi connectivity index (χ4v) is 3.75. The molecule has 2 heterocycles.